The Labute approximate surface area is 125 Å². The Bertz CT molecular complexity index is 821. The van der Waals surface area contributed by atoms with Gasteiger partial charge in [0.05, 0.1) is 0 Å². The zero-order valence-electron chi connectivity index (χ0n) is 10.5. The lowest BCUT2D eigenvalue weighted by Crippen LogP contribution is -1.89. The Hall–Kier alpha value is -2.31. The summed E-state index contributed by atoms with van der Waals surface area (Å²) >= 11 is 3.36. The second-order valence-electron chi connectivity index (χ2n) is 4.34. The zero-order chi connectivity index (χ0) is 13.9. The Balaban J connectivity index is 2.02. The van der Waals surface area contributed by atoms with E-state index in [4.69, 9.17) is 4.74 Å². The summed E-state index contributed by atoms with van der Waals surface area (Å²) < 4.78 is 6.57. The van der Waals surface area contributed by atoms with E-state index in [-0.39, 0.29) is 0 Å². The van der Waals surface area contributed by atoms with Crippen molar-refractivity contribution in [2.45, 2.75) is 0 Å². The van der Waals surface area contributed by atoms with Gasteiger partial charge in [-0.1, -0.05) is 36.4 Å². The van der Waals surface area contributed by atoms with Crippen molar-refractivity contribution in [2.75, 3.05) is 0 Å². The van der Waals surface area contributed by atoms with Crippen LogP contribution in [0.1, 0.15) is 5.56 Å². The number of hydrogen-bond donors (Lipinski definition) is 0. The summed E-state index contributed by atoms with van der Waals surface area (Å²) in [6, 6.07) is 21.6. The molecule has 3 aromatic carbocycles. The number of rotatable bonds is 2. The molecule has 3 heteroatoms. The largest absolute Gasteiger partial charge is 0.456 e. The average molecular weight is 324 g/mol. The number of fused-ring (bicyclic) bond motifs is 1. The molecule has 0 heterocycles. The van der Waals surface area contributed by atoms with Gasteiger partial charge in [0, 0.05) is 4.47 Å². The second-order valence-corrected chi connectivity index (χ2v) is 5.19. The molecule has 0 aliphatic carbocycles. The van der Waals surface area contributed by atoms with Gasteiger partial charge in [-0.3, -0.25) is 0 Å². The van der Waals surface area contributed by atoms with Crippen LogP contribution in [-0.2, 0) is 0 Å². The number of hydrogen-bond acceptors (Lipinski definition) is 2. The minimum Gasteiger partial charge on any atom is -0.456 e. The summed E-state index contributed by atoms with van der Waals surface area (Å²) in [5.74, 6) is 1.27. The van der Waals surface area contributed by atoms with Crippen LogP contribution < -0.4 is 4.74 Å². The first kappa shape index (κ1) is 12.7. The van der Waals surface area contributed by atoms with Crippen LogP contribution in [0.5, 0.6) is 11.5 Å². The van der Waals surface area contributed by atoms with Gasteiger partial charge in [-0.25, -0.2) is 0 Å². The molecule has 0 N–H and O–H groups in total. The van der Waals surface area contributed by atoms with Crippen LogP contribution in [-0.4, -0.2) is 0 Å². The summed E-state index contributed by atoms with van der Waals surface area (Å²) in [5, 5.41) is 11.5. The number of benzene rings is 3. The lowest BCUT2D eigenvalue weighted by molar-refractivity contribution is 0.481. The van der Waals surface area contributed by atoms with Gasteiger partial charge in [0.25, 0.3) is 0 Å². The van der Waals surface area contributed by atoms with Gasteiger partial charge in [0.2, 0.25) is 0 Å². The SMILES string of the molecule is N#Cc1c(Br)cccc1Oc1ccc2ccccc2c1. The topological polar surface area (TPSA) is 33.0 Å². The smallest absolute Gasteiger partial charge is 0.146 e. The predicted octanol–water partition coefficient (Wildman–Crippen LogP) is 5.27. The first-order chi connectivity index (χ1) is 9.78. The monoisotopic (exact) mass is 323 g/mol. The molecule has 2 nitrogen and oxygen atoms in total. The molecule has 0 saturated heterocycles. The molecule has 0 spiro atoms. The van der Waals surface area contributed by atoms with E-state index in [0.717, 1.165) is 21.0 Å². The highest BCUT2D eigenvalue weighted by molar-refractivity contribution is 9.10. The molecule has 0 saturated carbocycles. The Morgan fingerprint density at radius 1 is 0.900 bits per heavy atom. The summed E-state index contributed by atoms with van der Waals surface area (Å²) in [5.41, 5.74) is 0.501. The Morgan fingerprint density at radius 2 is 1.70 bits per heavy atom. The van der Waals surface area contributed by atoms with E-state index in [0.29, 0.717) is 11.3 Å². The third-order valence-electron chi connectivity index (χ3n) is 3.04. The van der Waals surface area contributed by atoms with E-state index < -0.39 is 0 Å². The number of ether oxygens (including phenoxy) is 1. The normalized spacial score (nSPS) is 10.2. The maximum atomic E-state index is 9.19. The van der Waals surface area contributed by atoms with Crippen LogP contribution in [0.3, 0.4) is 0 Å². The molecule has 0 fully saturated rings. The van der Waals surface area contributed by atoms with Crippen molar-refractivity contribution in [3.8, 4) is 17.6 Å². The highest BCUT2D eigenvalue weighted by Gasteiger charge is 2.08. The van der Waals surface area contributed by atoms with E-state index in [1.54, 1.807) is 6.07 Å². The zero-order valence-corrected chi connectivity index (χ0v) is 12.1. The van der Waals surface area contributed by atoms with E-state index in [1.807, 2.05) is 48.5 Å². The van der Waals surface area contributed by atoms with Crippen LogP contribution in [0.2, 0.25) is 0 Å². The van der Waals surface area contributed by atoms with Crippen molar-refractivity contribution < 1.29 is 4.74 Å². The molecule has 96 valence electrons. The predicted molar refractivity (Wildman–Crippen MR) is 82.9 cm³/mol. The number of halogens is 1. The quantitative estimate of drug-likeness (QED) is 0.643. The second kappa shape index (κ2) is 5.36. The van der Waals surface area contributed by atoms with Gasteiger partial charge in [0.1, 0.15) is 23.1 Å². The fourth-order valence-corrected chi connectivity index (χ4v) is 2.49. The lowest BCUT2D eigenvalue weighted by atomic mass is 10.1. The summed E-state index contributed by atoms with van der Waals surface area (Å²) in [6.45, 7) is 0. The van der Waals surface area contributed by atoms with E-state index in [1.165, 1.54) is 0 Å². The van der Waals surface area contributed by atoms with E-state index in [9.17, 15) is 5.26 Å². The van der Waals surface area contributed by atoms with Crippen LogP contribution >= 0.6 is 15.9 Å². The molecule has 0 aliphatic rings. The van der Waals surface area contributed by atoms with Gasteiger partial charge >= 0.3 is 0 Å². The Morgan fingerprint density at radius 3 is 2.50 bits per heavy atom. The third-order valence-corrected chi connectivity index (χ3v) is 3.70. The van der Waals surface area contributed by atoms with Crippen LogP contribution in [0.25, 0.3) is 10.8 Å². The summed E-state index contributed by atoms with van der Waals surface area (Å²) in [7, 11) is 0. The van der Waals surface area contributed by atoms with Crippen molar-refractivity contribution in [2.24, 2.45) is 0 Å². The van der Waals surface area contributed by atoms with Gasteiger partial charge in [-0.2, -0.15) is 5.26 Å². The van der Waals surface area contributed by atoms with E-state index in [2.05, 4.69) is 28.1 Å². The fraction of sp³-hybridized carbons (Fsp3) is 0. The van der Waals surface area contributed by atoms with Crippen molar-refractivity contribution in [3.63, 3.8) is 0 Å². The molecule has 0 bridgehead atoms. The number of nitrogens with zero attached hydrogens (tertiary/aromatic N) is 1. The molecule has 0 atom stereocenters. The molecular weight excluding hydrogens is 314 g/mol. The van der Waals surface area contributed by atoms with Crippen LogP contribution in [0, 0.1) is 11.3 Å². The van der Waals surface area contributed by atoms with Crippen molar-refractivity contribution in [1.29, 1.82) is 5.26 Å². The first-order valence-corrected chi connectivity index (χ1v) is 6.92. The molecule has 0 aromatic heterocycles. The highest BCUT2D eigenvalue weighted by Crippen LogP contribution is 2.31. The van der Waals surface area contributed by atoms with Crippen molar-refractivity contribution in [1.82, 2.24) is 0 Å². The van der Waals surface area contributed by atoms with E-state index >= 15 is 0 Å². The molecule has 20 heavy (non-hydrogen) atoms. The minimum atomic E-state index is 0.501. The lowest BCUT2D eigenvalue weighted by Gasteiger charge is -2.09. The van der Waals surface area contributed by atoms with Gasteiger partial charge in [-0.05, 0) is 51.0 Å². The van der Waals surface area contributed by atoms with Crippen LogP contribution in [0.15, 0.2) is 65.1 Å². The van der Waals surface area contributed by atoms with Gasteiger partial charge in [-0.15, -0.1) is 0 Å². The maximum Gasteiger partial charge on any atom is 0.146 e. The molecule has 0 radical (unpaired) electrons. The maximum absolute atomic E-state index is 9.19. The number of nitriles is 1. The molecule has 0 unspecified atom stereocenters. The van der Waals surface area contributed by atoms with Crippen LogP contribution in [0.4, 0.5) is 0 Å². The molecule has 3 rings (SSSR count). The third kappa shape index (κ3) is 2.38. The standard InChI is InChI=1S/C17H10BrNO/c18-16-6-3-7-17(15(16)11-19)20-14-9-8-12-4-1-2-5-13(12)10-14/h1-10H. The fourth-order valence-electron chi connectivity index (χ4n) is 2.06. The molecular formula is C17H10BrNO. The summed E-state index contributed by atoms with van der Waals surface area (Å²) in [6.07, 6.45) is 0. The van der Waals surface area contributed by atoms with Crippen molar-refractivity contribution in [3.05, 3.63) is 70.7 Å². The van der Waals surface area contributed by atoms with Crippen molar-refractivity contribution >= 4 is 26.7 Å². The minimum absolute atomic E-state index is 0.501. The summed E-state index contributed by atoms with van der Waals surface area (Å²) in [4.78, 5) is 0. The molecule has 3 aromatic rings. The van der Waals surface area contributed by atoms with Gasteiger partial charge in [0.15, 0.2) is 0 Å². The molecule has 0 amide bonds. The molecule has 0 aliphatic heterocycles. The Kier molecular flexibility index (Phi) is 3.41. The average Bonchev–Trinajstić information content (AvgIpc) is 2.47. The first-order valence-electron chi connectivity index (χ1n) is 6.13. The highest BCUT2D eigenvalue weighted by atomic mass is 79.9. The van der Waals surface area contributed by atoms with Gasteiger partial charge < -0.3 is 4.74 Å².